The van der Waals surface area contributed by atoms with Gasteiger partial charge in [-0.15, -0.1) is 0 Å². The standard InChI is InChI=1S/C35H30BrN3O4/c1-38(24-13-4-3-5-14-24)35(42)43-20-19-26-25-15-6-8-17-28(25)37-32(26)30(22-11-10-12-23(36)21-22)31-33(40)27-16-7-9-18-29(27)39(2)34(31)41/h3-18,21,30,37,40H,19-20H2,1-2H3. The molecule has 6 rings (SSSR count). The van der Waals surface area contributed by atoms with Crippen molar-refractivity contribution in [2.24, 2.45) is 7.05 Å². The van der Waals surface area contributed by atoms with Gasteiger partial charge in [0.25, 0.3) is 5.56 Å². The van der Waals surface area contributed by atoms with E-state index in [0.29, 0.717) is 17.3 Å². The van der Waals surface area contributed by atoms with Crippen LogP contribution in [0.1, 0.15) is 28.3 Å². The number of ether oxygens (including phenoxy) is 1. The van der Waals surface area contributed by atoms with Gasteiger partial charge in [-0.1, -0.05) is 76.6 Å². The maximum Gasteiger partial charge on any atom is 0.414 e. The van der Waals surface area contributed by atoms with E-state index in [2.05, 4.69) is 20.9 Å². The number of hydrogen-bond donors (Lipinski definition) is 2. The van der Waals surface area contributed by atoms with Crippen LogP contribution in [0.25, 0.3) is 21.8 Å². The van der Waals surface area contributed by atoms with Gasteiger partial charge in [0.2, 0.25) is 0 Å². The number of carbonyl (C=O) groups excluding carboxylic acids is 1. The topological polar surface area (TPSA) is 87.6 Å². The molecule has 2 N–H and O–H groups in total. The Morgan fingerprint density at radius 1 is 0.953 bits per heavy atom. The third-order valence-electron chi connectivity index (χ3n) is 7.91. The number of aromatic amines is 1. The molecule has 1 unspecified atom stereocenters. The maximum absolute atomic E-state index is 14.0. The van der Waals surface area contributed by atoms with Crippen LogP contribution < -0.4 is 10.5 Å². The zero-order valence-electron chi connectivity index (χ0n) is 23.8. The van der Waals surface area contributed by atoms with Gasteiger partial charge < -0.3 is 19.4 Å². The van der Waals surface area contributed by atoms with Crippen molar-refractivity contribution in [1.29, 1.82) is 0 Å². The molecule has 0 saturated heterocycles. The Bertz CT molecular complexity index is 2020. The lowest BCUT2D eigenvalue weighted by Crippen LogP contribution is -2.28. The van der Waals surface area contributed by atoms with Crippen LogP contribution in [0.15, 0.2) is 112 Å². The Kier molecular flexibility index (Phi) is 7.78. The van der Waals surface area contributed by atoms with E-state index < -0.39 is 12.0 Å². The minimum Gasteiger partial charge on any atom is -0.507 e. The number of amides is 1. The quantitative estimate of drug-likeness (QED) is 0.190. The van der Waals surface area contributed by atoms with E-state index in [0.717, 1.165) is 37.9 Å². The van der Waals surface area contributed by atoms with Gasteiger partial charge in [-0.05, 0) is 53.6 Å². The van der Waals surface area contributed by atoms with Crippen molar-refractivity contribution in [2.75, 3.05) is 18.6 Å². The van der Waals surface area contributed by atoms with Crippen molar-refractivity contribution in [3.8, 4) is 5.75 Å². The third-order valence-corrected chi connectivity index (χ3v) is 8.40. The van der Waals surface area contributed by atoms with Crippen LogP contribution >= 0.6 is 15.9 Å². The van der Waals surface area contributed by atoms with Gasteiger partial charge in [0, 0.05) is 52.7 Å². The normalized spacial score (nSPS) is 12.0. The number of aromatic nitrogens is 2. The molecule has 0 aliphatic carbocycles. The van der Waals surface area contributed by atoms with Crippen LogP contribution in [-0.4, -0.2) is 34.4 Å². The lowest BCUT2D eigenvalue weighted by atomic mass is 9.85. The number of fused-ring (bicyclic) bond motifs is 2. The number of halogens is 1. The number of rotatable bonds is 7. The fourth-order valence-electron chi connectivity index (χ4n) is 5.76. The van der Waals surface area contributed by atoms with Gasteiger partial charge in [-0.2, -0.15) is 0 Å². The van der Waals surface area contributed by atoms with E-state index in [4.69, 9.17) is 4.74 Å². The number of H-pyrrole nitrogens is 1. The third kappa shape index (κ3) is 5.30. The second kappa shape index (κ2) is 11.8. The summed E-state index contributed by atoms with van der Waals surface area (Å²) in [5.74, 6) is -0.685. The predicted molar refractivity (Wildman–Crippen MR) is 174 cm³/mol. The molecular weight excluding hydrogens is 606 g/mol. The van der Waals surface area contributed by atoms with Gasteiger partial charge in [0.05, 0.1) is 23.6 Å². The minimum absolute atomic E-state index is 0.0517. The van der Waals surface area contributed by atoms with Crippen LogP contribution in [0, 0.1) is 0 Å². The number of pyridine rings is 1. The molecule has 43 heavy (non-hydrogen) atoms. The summed E-state index contributed by atoms with van der Waals surface area (Å²) < 4.78 is 8.15. The van der Waals surface area contributed by atoms with Crippen LogP contribution in [0.5, 0.6) is 5.75 Å². The van der Waals surface area contributed by atoms with E-state index in [1.54, 1.807) is 18.7 Å². The average molecular weight is 637 g/mol. The molecule has 8 heteroatoms. The minimum atomic E-state index is -0.633. The molecule has 6 aromatic rings. The SMILES string of the molecule is CN(C(=O)OCCc1c(C(c2cccc(Br)c2)c2c(O)c3ccccc3n(C)c2=O)[nH]c2ccccc12)c1ccccc1. The van der Waals surface area contributed by atoms with E-state index >= 15 is 0 Å². The first-order chi connectivity index (χ1) is 20.8. The van der Waals surface area contributed by atoms with E-state index in [-0.39, 0.29) is 23.5 Å². The molecule has 0 aliphatic heterocycles. The smallest absolute Gasteiger partial charge is 0.414 e. The van der Waals surface area contributed by atoms with Crippen LogP contribution in [0.2, 0.25) is 0 Å². The molecule has 2 heterocycles. The highest BCUT2D eigenvalue weighted by atomic mass is 79.9. The Morgan fingerprint density at radius 3 is 2.42 bits per heavy atom. The number of nitrogens with one attached hydrogen (secondary N) is 1. The van der Waals surface area contributed by atoms with Crippen molar-refractivity contribution in [1.82, 2.24) is 9.55 Å². The summed E-state index contributed by atoms with van der Waals surface area (Å²) in [6.45, 7) is 0.123. The van der Waals surface area contributed by atoms with Crippen molar-refractivity contribution >= 4 is 49.5 Å². The molecule has 0 spiro atoms. The molecule has 0 radical (unpaired) electrons. The maximum atomic E-state index is 14.0. The van der Waals surface area contributed by atoms with Gasteiger partial charge in [0.15, 0.2) is 0 Å². The highest BCUT2D eigenvalue weighted by molar-refractivity contribution is 9.10. The van der Waals surface area contributed by atoms with Gasteiger partial charge in [-0.25, -0.2) is 4.79 Å². The van der Waals surface area contributed by atoms with Gasteiger partial charge in [0.1, 0.15) is 5.75 Å². The zero-order chi connectivity index (χ0) is 30.1. The lowest BCUT2D eigenvalue weighted by Gasteiger charge is -2.22. The van der Waals surface area contributed by atoms with Crippen LogP contribution in [0.4, 0.5) is 10.5 Å². The molecule has 2 aromatic heterocycles. The van der Waals surface area contributed by atoms with Crippen molar-refractivity contribution in [2.45, 2.75) is 12.3 Å². The molecule has 216 valence electrons. The fourth-order valence-corrected chi connectivity index (χ4v) is 6.17. The molecule has 0 fully saturated rings. The van der Waals surface area contributed by atoms with E-state index in [9.17, 15) is 14.7 Å². The van der Waals surface area contributed by atoms with Gasteiger partial charge >= 0.3 is 6.09 Å². The van der Waals surface area contributed by atoms with Crippen molar-refractivity contribution < 1.29 is 14.6 Å². The van der Waals surface area contributed by atoms with Crippen LogP contribution in [0.3, 0.4) is 0 Å². The summed E-state index contributed by atoms with van der Waals surface area (Å²) in [5, 5.41) is 13.2. The molecule has 7 nitrogen and oxygen atoms in total. The summed E-state index contributed by atoms with van der Waals surface area (Å²) in [5.41, 5.74) is 4.74. The monoisotopic (exact) mass is 635 g/mol. The van der Waals surface area contributed by atoms with Crippen molar-refractivity contribution in [3.05, 3.63) is 140 Å². The molecule has 1 amide bonds. The molecule has 0 bridgehead atoms. The number of aromatic hydroxyl groups is 1. The largest absolute Gasteiger partial charge is 0.507 e. The Labute approximate surface area is 257 Å². The van der Waals surface area contributed by atoms with E-state index in [1.807, 2.05) is 103 Å². The summed E-state index contributed by atoms with van der Waals surface area (Å²) in [6.07, 6.45) is -0.0652. The van der Waals surface area contributed by atoms with Crippen molar-refractivity contribution in [3.63, 3.8) is 0 Å². The Balaban J connectivity index is 1.47. The number of benzene rings is 4. The first-order valence-corrected chi connectivity index (χ1v) is 14.8. The second-order valence-corrected chi connectivity index (χ2v) is 11.4. The first kappa shape index (κ1) is 28.3. The summed E-state index contributed by atoms with van der Waals surface area (Å²) in [6, 6.07) is 32.3. The van der Waals surface area contributed by atoms with Crippen LogP contribution in [-0.2, 0) is 18.2 Å². The second-order valence-electron chi connectivity index (χ2n) is 10.5. The summed E-state index contributed by atoms with van der Waals surface area (Å²) in [7, 11) is 3.40. The number of carbonyl (C=O) groups is 1. The Hall–Kier alpha value is -4.82. The molecule has 1 atom stereocenters. The van der Waals surface area contributed by atoms with Gasteiger partial charge in [-0.3, -0.25) is 9.69 Å². The number of nitrogens with zero attached hydrogens (tertiary/aromatic N) is 2. The molecule has 4 aromatic carbocycles. The fraction of sp³-hybridized carbons (Fsp3) is 0.143. The highest BCUT2D eigenvalue weighted by Crippen LogP contribution is 2.41. The molecular formula is C35H30BrN3O4. The lowest BCUT2D eigenvalue weighted by molar-refractivity contribution is 0.156. The predicted octanol–water partition coefficient (Wildman–Crippen LogP) is 7.48. The summed E-state index contributed by atoms with van der Waals surface area (Å²) in [4.78, 5) is 32.0. The number of aryl methyl sites for hydroxylation is 1. The molecule has 0 aliphatic rings. The van der Waals surface area contributed by atoms with E-state index in [1.165, 1.54) is 4.90 Å². The molecule has 0 saturated carbocycles. The first-order valence-electron chi connectivity index (χ1n) is 14.0. The Morgan fingerprint density at radius 2 is 1.65 bits per heavy atom. The zero-order valence-corrected chi connectivity index (χ0v) is 25.3. The number of anilines is 1. The number of para-hydroxylation sites is 3. The highest BCUT2D eigenvalue weighted by Gasteiger charge is 2.30. The average Bonchev–Trinajstić information content (AvgIpc) is 3.39. The summed E-state index contributed by atoms with van der Waals surface area (Å²) >= 11 is 3.59. The number of hydrogen-bond acceptors (Lipinski definition) is 4.